The normalized spacial score (nSPS) is 14.4. The first kappa shape index (κ1) is 24.9. The van der Waals surface area contributed by atoms with Crippen LogP contribution in [0.25, 0.3) is 11.0 Å². The monoisotopic (exact) mass is 532 g/mol. The Bertz CT molecular complexity index is 1510. The van der Waals surface area contributed by atoms with Gasteiger partial charge in [-0.25, -0.2) is 9.37 Å². The topological polar surface area (TPSA) is 79.0 Å². The van der Waals surface area contributed by atoms with Crippen LogP contribution in [0.3, 0.4) is 0 Å². The van der Waals surface area contributed by atoms with Crippen molar-refractivity contribution in [1.29, 1.82) is 0 Å². The number of amides is 1. The molecule has 0 bridgehead atoms. The average Bonchev–Trinajstić information content (AvgIpc) is 3.37. The third kappa shape index (κ3) is 4.93. The minimum atomic E-state index is -4.54. The van der Waals surface area contributed by atoms with Crippen molar-refractivity contribution in [1.82, 2.24) is 9.97 Å². The smallest absolute Gasteiger partial charge is 0.416 e. The van der Waals surface area contributed by atoms with E-state index in [4.69, 9.17) is 16.3 Å². The van der Waals surface area contributed by atoms with E-state index in [-0.39, 0.29) is 28.4 Å². The predicted molar refractivity (Wildman–Crippen MR) is 133 cm³/mol. The second-order valence-electron chi connectivity index (χ2n) is 9.34. The van der Waals surface area contributed by atoms with E-state index in [2.05, 4.69) is 20.6 Å². The van der Waals surface area contributed by atoms with E-state index in [1.807, 2.05) is 13.8 Å². The van der Waals surface area contributed by atoms with Crippen molar-refractivity contribution in [2.75, 3.05) is 10.6 Å². The number of rotatable bonds is 5. The lowest BCUT2D eigenvalue weighted by Crippen LogP contribution is -2.25. The number of alkyl halides is 3. The number of aromatic nitrogens is 2. The first-order chi connectivity index (χ1) is 17.4. The van der Waals surface area contributed by atoms with Crippen LogP contribution in [0.15, 0.2) is 48.5 Å². The lowest BCUT2D eigenvalue weighted by atomic mass is 9.98. The van der Waals surface area contributed by atoms with Gasteiger partial charge in [-0.1, -0.05) is 23.7 Å². The molecule has 0 radical (unpaired) electrons. The fraction of sp³-hybridized carbons (Fsp3) is 0.231. The van der Waals surface area contributed by atoms with E-state index in [1.165, 1.54) is 30.3 Å². The second kappa shape index (κ2) is 8.95. The summed E-state index contributed by atoms with van der Waals surface area (Å²) < 4.78 is 59.5. The summed E-state index contributed by atoms with van der Waals surface area (Å²) in [6.45, 7) is 3.79. The molecule has 0 aliphatic carbocycles. The number of imidazole rings is 1. The molecule has 1 aromatic heterocycles. The van der Waals surface area contributed by atoms with Crippen molar-refractivity contribution >= 4 is 40.2 Å². The molecule has 11 heteroatoms. The summed E-state index contributed by atoms with van der Waals surface area (Å²) in [5.41, 5.74) is 0.690. The van der Waals surface area contributed by atoms with Crippen LogP contribution < -0.4 is 15.4 Å². The van der Waals surface area contributed by atoms with Crippen LogP contribution >= 0.6 is 11.6 Å². The minimum Gasteiger partial charge on any atom is -0.486 e. The molecule has 192 valence electrons. The van der Waals surface area contributed by atoms with Crippen LogP contribution in [0.2, 0.25) is 5.02 Å². The van der Waals surface area contributed by atoms with Crippen molar-refractivity contribution in [2.45, 2.75) is 38.6 Å². The van der Waals surface area contributed by atoms with Gasteiger partial charge in [-0.2, -0.15) is 13.2 Å². The number of fused-ring (bicyclic) bond motifs is 3. The standard InChI is InChI=1S/C26H21ClF4N4O2/c1-25(2)11-16-21-20(34-24(35-21)32-12-17-18(27)7-4-8-19(17)28)10-15(22(16)37-25)23(36)33-14-6-3-5-13(9-14)26(29,30)31/h3-10H,11-12H2,1-2H3,(H,33,36)(H2,32,34,35). The molecule has 3 N–H and O–H groups in total. The maximum atomic E-state index is 14.2. The van der Waals surface area contributed by atoms with Gasteiger partial charge in [0, 0.05) is 34.8 Å². The maximum absolute atomic E-state index is 14.2. The predicted octanol–water partition coefficient (Wildman–Crippen LogP) is 6.95. The van der Waals surface area contributed by atoms with Gasteiger partial charge in [-0.15, -0.1) is 0 Å². The Hall–Kier alpha value is -3.79. The number of hydrogen-bond acceptors (Lipinski definition) is 4. The SMILES string of the molecule is CC1(C)Cc2c(c(C(=O)Nc3cccc(C(F)(F)F)c3)cc3[nH]c(NCc4c(F)cccc4Cl)nc23)O1. The van der Waals surface area contributed by atoms with Gasteiger partial charge in [0.25, 0.3) is 5.91 Å². The fourth-order valence-electron chi connectivity index (χ4n) is 4.32. The van der Waals surface area contributed by atoms with E-state index in [1.54, 1.807) is 6.07 Å². The number of halogens is 5. The Morgan fingerprint density at radius 3 is 2.68 bits per heavy atom. The van der Waals surface area contributed by atoms with Gasteiger partial charge in [-0.05, 0) is 50.2 Å². The molecule has 0 saturated carbocycles. The Morgan fingerprint density at radius 2 is 1.95 bits per heavy atom. The van der Waals surface area contributed by atoms with Crippen LogP contribution in [0, 0.1) is 5.82 Å². The number of carbonyl (C=O) groups excluding carboxylic acids is 1. The molecule has 6 nitrogen and oxygen atoms in total. The van der Waals surface area contributed by atoms with Gasteiger partial charge < -0.3 is 20.4 Å². The first-order valence-electron chi connectivity index (χ1n) is 11.3. The minimum absolute atomic E-state index is 0.000313. The number of hydrogen-bond donors (Lipinski definition) is 3. The van der Waals surface area contributed by atoms with E-state index in [9.17, 15) is 22.4 Å². The zero-order chi connectivity index (χ0) is 26.5. The summed E-state index contributed by atoms with van der Waals surface area (Å²) in [5, 5.41) is 5.82. The van der Waals surface area contributed by atoms with Crippen LogP contribution in [0.4, 0.5) is 29.2 Å². The molecule has 0 unspecified atom stereocenters. The zero-order valence-corrected chi connectivity index (χ0v) is 20.4. The Morgan fingerprint density at radius 1 is 1.19 bits per heavy atom. The number of H-pyrrole nitrogens is 1. The Balaban J connectivity index is 1.48. The first-order valence-corrected chi connectivity index (χ1v) is 11.7. The summed E-state index contributed by atoms with van der Waals surface area (Å²) in [4.78, 5) is 20.9. The van der Waals surface area contributed by atoms with Crippen LogP contribution in [0.1, 0.15) is 40.9 Å². The number of ether oxygens (including phenoxy) is 1. The molecule has 1 aliphatic heterocycles. The van der Waals surface area contributed by atoms with Crippen molar-refractivity contribution in [2.24, 2.45) is 0 Å². The number of aromatic amines is 1. The Kier molecular flexibility index (Phi) is 6.02. The molecule has 0 spiro atoms. The third-order valence-electron chi connectivity index (χ3n) is 5.99. The fourth-order valence-corrected chi connectivity index (χ4v) is 4.55. The number of benzene rings is 3. The number of nitrogens with zero attached hydrogens (tertiary/aromatic N) is 1. The van der Waals surface area contributed by atoms with E-state index >= 15 is 0 Å². The maximum Gasteiger partial charge on any atom is 0.416 e. The highest BCUT2D eigenvalue weighted by Crippen LogP contribution is 2.42. The molecule has 0 fully saturated rings. The summed E-state index contributed by atoms with van der Waals surface area (Å²) in [6.07, 6.45) is -4.09. The van der Waals surface area contributed by atoms with Gasteiger partial charge in [0.2, 0.25) is 5.95 Å². The van der Waals surface area contributed by atoms with Crippen molar-refractivity contribution in [3.05, 3.63) is 81.6 Å². The van der Waals surface area contributed by atoms with Gasteiger partial charge in [-0.3, -0.25) is 4.79 Å². The second-order valence-corrected chi connectivity index (χ2v) is 9.75. The molecular formula is C26H21ClF4N4O2. The lowest BCUT2D eigenvalue weighted by Gasteiger charge is -2.18. The quantitative estimate of drug-likeness (QED) is 0.243. The highest BCUT2D eigenvalue weighted by Gasteiger charge is 2.36. The van der Waals surface area contributed by atoms with Crippen molar-refractivity contribution in [3.63, 3.8) is 0 Å². The van der Waals surface area contributed by atoms with Crippen molar-refractivity contribution < 1.29 is 27.1 Å². The number of nitrogens with one attached hydrogen (secondary N) is 3. The summed E-state index contributed by atoms with van der Waals surface area (Å²) >= 11 is 6.11. The van der Waals surface area contributed by atoms with E-state index in [0.717, 1.165) is 12.1 Å². The van der Waals surface area contributed by atoms with Crippen LogP contribution in [0.5, 0.6) is 5.75 Å². The number of anilines is 2. The van der Waals surface area contributed by atoms with Gasteiger partial charge in [0.05, 0.1) is 22.2 Å². The average molecular weight is 533 g/mol. The molecule has 1 aliphatic rings. The molecule has 0 atom stereocenters. The van der Waals surface area contributed by atoms with Gasteiger partial charge >= 0.3 is 6.18 Å². The molecule has 3 aromatic carbocycles. The molecule has 2 heterocycles. The summed E-state index contributed by atoms with van der Waals surface area (Å²) in [6, 6.07) is 10.3. The summed E-state index contributed by atoms with van der Waals surface area (Å²) in [7, 11) is 0. The lowest BCUT2D eigenvalue weighted by molar-refractivity contribution is -0.137. The van der Waals surface area contributed by atoms with Gasteiger partial charge in [0.15, 0.2) is 0 Å². The molecular weight excluding hydrogens is 512 g/mol. The summed E-state index contributed by atoms with van der Waals surface area (Å²) in [5.74, 6) is -0.438. The molecule has 0 saturated heterocycles. The largest absolute Gasteiger partial charge is 0.486 e. The van der Waals surface area contributed by atoms with Crippen LogP contribution in [-0.2, 0) is 19.1 Å². The van der Waals surface area contributed by atoms with E-state index in [0.29, 0.717) is 34.7 Å². The molecule has 1 amide bonds. The number of carbonyl (C=O) groups is 1. The molecule has 37 heavy (non-hydrogen) atoms. The molecule has 4 aromatic rings. The molecule has 5 rings (SSSR count). The zero-order valence-electron chi connectivity index (χ0n) is 19.7. The van der Waals surface area contributed by atoms with Crippen molar-refractivity contribution in [3.8, 4) is 5.75 Å². The highest BCUT2D eigenvalue weighted by atomic mass is 35.5. The Labute approximate surface area is 214 Å². The van der Waals surface area contributed by atoms with Gasteiger partial charge in [0.1, 0.15) is 17.2 Å². The third-order valence-corrected chi connectivity index (χ3v) is 6.35. The van der Waals surface area contributed by atoms with E-state index < -0.39 is 29.1 Å². The highest BCUT2D eigenvalue weighted by molar-refractivity contribution is 6.31. The van der Waals surface area contributed by atoms with Crippen LogP contribution in [-0.4, -0.2) is 21.5 Å².